The largest absolute Gasteiger partial charge is 0.480 e. The van der Waals surface area contributed by atoms with Crippen molar-refractivity contribution >= 4 is 11.9 Å². The summed E-state index contributed by atoms with van der Waals surface area (Å²) in [7, 11) is 0. The SMILES string of the molecule is CCC1CCC(C(C)(C(=O)O)C(=O)NC2CC2)CC1. The van der Waals surface area contributed by atoms with E-state index in [0.717, 1.165) is 44.9 Å². The minimum atomic E-state index is -1.25. The van der Waals surface area contributed by atoms with Crippen molar-refractivity contribution in [2.24, 2.45) is 17.3 Å². The Morgan fingerprint density at radius 3 is 2.16 bits per heavy atom. The molecule has 2 N–H and O–H groups in total. The van der Waals surface area contributed by atoms with Crippen molar-refractivity contribution in [1.29, 1.82) is 0 Å². The Balaban J connectivity index is 2.05. The van der Waals surface area contributed by atoms with Gasteiger partial charge in [0.25, 0.3) is 0 Å². The summed E-state index contributed by atoms with van der Waals surface area (Å²) in [5.41, 5.74) is -1.25. The number of nitrogens with one attached hydrogen (secondary N) is 1. The first-order valence-corrected chi connectivity index (χ1v) is 7.52. The van der Waals surface area contributed by atoms with Crippen LogP contribution in [0.25, 0.3) is 0 Å². The van der Waals surface area contributed by atoms with Gasteiger partial charge in [-0.15, -0.1) is 0 Å². The number of rotatable bonds is 5. The Kier molecular flexibility index (Phi) is 4.16. The van der Waals surface area contributed by atoms with E-state index in [1.807, 2.05) is 0 Å². The van der Waals surface area contributed by atoms with Gasteiger partial charge in [0.1, 0.15) is 5.41 Å². The van der Waals surface area contributed by atoms with E-state index in [4.69, 9.17) is 0 Å². The standard InChI is InChI=1S/C15H25NO3/c1-3-10-4-6-11(7-5-10)15(2,14(18)19)13(17)16-12-8-9-12/h10-12H,3-9H2,1-2H3,(H,16,17)(H,18,19). The van der Waals surface area contributed by atoms with Gasteiger partial charge in [-0.05, 0) is 44.4 Å². The highest BCUT2D eigenvalue weighted by Crippen LogP contribution is 2.42. The molecule has 0 radical (unpaired) electrons. The highest BCUT2D eigenvalue weighted by atomic mass is 16.4. The molecule has 0 aliphatic heterocycles. The Morgan fingerprint density at radius 2 is 1.74 bits per heavy atom. The Labute approximate surface area is 115 Å². The zero-order valence-corrected chi connectivity index (χ0v) is 11.9. The van der Waals surface area contributed by atoms with Crippen LogP contribution >= 0.6 is 0 Å². The highest BCUT2D eigenvalue weighted by molar-refractivity contribution is 6.02. The topological polar surface area (TPSA) is 66.4 Å². The molecule has 2 saturated carbocycles. The van der Waals surface area contributed by atoms with Crippen LogP contribution in [-0.4, -0.2) is 23.0 Å². The molecule has 2 fully saturated rings. The van der Waals surface area contributed by atoms with E-state index < -0.39 is 11.4 Å². The molecule has 2 aliphatic rings. The second-order valence-electron chi connectivity index (χ2n) is 6.38. The summed E-state index contributed by atoms with van der Waals surface area (Å²) >= 11 is 0. The predicted molar refractivity (Wildman–Crippen MR) is 72.6 cm³/mol. The van der Waals surface area contributed by atoms with E-state index in [0.29, 0.717) is 5.92 Å². The number of aliphatic carboxylic acids is 1. The van der Waals surface area contributed by atoms with Gasteiger partial charge < -0.3 is 10.4 Å². The molecule has 2 rings (SSSR count). The lowest BCUT2D eigenvalue weighted by Gasteiger charge is -2.37. The van der Waals surface area contributed by atoms with Crippen molar-refractivity contribution in [2.45, 2.75) is 64.8 Å². The fraction of sp³-hybridized carbons (Fsp3) is 0.867. The molecule has 19 heavy (non-hydrogen) atoms. The van der Waals surface area contributed by atoms with Gasteiger partial charge in [0.05, 0.1) is 0 Å². The molecule has 108 valence electrons. The van der Waals surface area contributed by atoms with E-state index in [-0.39, 0.29) is 17.9 Å². The number of carbonyl (C=O) groups excluding carboxylic acids is 1. The van der Waals surface area contributed by atoms with Crippen LogP contribution in [0, 0.1) is 17.3 Å². The van der Waals surface area contributed by atoms with Crippen LogP contribution in [0.5, 0.6) is 0 Å². The Bertz CT molecular complexity index is 356. The number of hydrogen-bond donors (Lipinski definition) is 2. The molecular weight excluding hydrogens is 242 g/mol. The number of carboxylic acids is 1. The van der Waals surface area contributed by atoms with Crippen LogP contribution < -0.4 is 5.32 Å². The van der Waals surface area contributed by atoms with Crippen molar-refractivity contribution in [2.75, 3.05) is 0 Å². The van der Waals surface area contributed by atoms with Gasteiger partial charge >= 0.3 is 5.97 Å². The monoisotopic (exact) mass is 267 g/mol. The third kappa shape index (κ3) is 2.93. The molecule has 1 amide bonds. The fourth-order valence-corrected chi connectivity index (χ4v) is 3.17. The number of hydrogen-bond acceptors (Lipinski definition) is 2. The lowest BCUT2D eigenvalue weighted by atomic mass is 9.67. The maximum Gasteiger partial charge on any atom is 0.319 e. The number of carbonyl (C=O) groups is 2. The summed E-state index contributed by atoms with van der Waals surface area (Å²) in [6.45, 7) is 3.80. The zero-order chi connectivity index (χ0) is 14.0. The second kappa shape index (κ2) is 5.51. The van der Waals surface area contributed by atoms with Gasteiger partial charge in [0.2, 0.25) is 5.91 Å². The maximum atomic E-state index is 12.3. The van der Waals surface area contributed by atoms with Crippen LogP contribution in [0.3, 0.4) is 0 Å². The summed E-state index contributed by atoms with van der Waals surface area (Å²) in [4.78, 5) is 24.0. The number of carboxylic acid groups (broad SMARTS) is 1. The van der Waals surface area contributed by atoms with Crippen LogP contribution in [0.4, 0.5) is 0 Å². The maximum absolute atomic E-state index is 12.3. The van der Waals surface area contributed by atoms with Crippen molar-refractivity contribution in [3.8, 4) is 0 Å². The van der Waals surface area contributed by atoms with Crippen molar-refractivity contribution < 1.29 is 14.7 Å². The van der Waals surface area contributed by atoms with Gasteiger partial charge in [-0.3, -0.25) is 9.59 Å². The normalized spacial score (nSPS) is 30.4. The molecule has 0 aromatic rings. The average molecular weight is 267 g/mol. The van der Waals surface area contributed by atoms with Crippen LogP contribution in [0.15, 0.2) is 0 Å². The molecule has 0 aromatic carbocycles. The summed E-state index contributed by atoms with van der Waals surface area (Å²) in [5, 5.41) is 12.4. The van der Waals surface area contributed by atoms with Gasteiger partial charge in [-0.1, -0.05) is 26.2 Å². The molecule has 2 aliphatic carbocycles. The summed E-state index contributed by atoms with van der Waals surface area (Å²) in [6.07, 6.45) is 6.97. The Hall–Kier alpha value is -1.06. The van der Waals surface area contributed by atoms with Gasteiger partial charge in [0.15, 0.2) is 0 Å². The summed E-state index contributed by atoms with van der Waals surface area (Å²) in [5.74, 6) is -0.555. The smallest absolute Gasteiger partial charge is 0.319 e. The molecular formula is C15H25NO3. The van der Waals surface area contributed by atoms with Crippen LogP contribution in [0.2, 0.25) is 0 Å². The molecule has 0 saturated heterocycles. The minimum absolute atomic E-state index is 0.0217. The van der Waals surface area contributed by atoms with Gasteiger partial charge in [-0.25, -0.2) is 0 Å². The molecule has 4 nitrogen and oxygen atoms in total. The molecule has 4 heteroatoms. The van der Waals surface area contributed by atoms with Gasteiger partial charge in [0, 0.05) is 6.04 Å². The molecule has 0 bridgehead atoms. The van der Waals surface area contributed by atoms with E-state index >= 15 is 0 Å². The second-order valence-corrected chi connectivity index (χ2v) is 6.38. The van der Waals surface area contributed by atoms with E-state index in [1.165, 1.54) is 0 Å². The van der Waals surface area contributed by atoms with E-state index in [1.54, 1.807) is 6.92 Å². The van der Waals surface area contributed by atoms with E-state index in [9.17, 15) is 14.7 Å². The zero-order valence-electron chi connectivity index (χ0n) is 11.9. The lowest BCUT2D eigenvalue weighted by Crippen LogP contribution is -2.50. The lowest BCUT2D eigenvalue weighted by molar-refractivity contribution is -0.160. The molecule has 0 spiro atoms. The van der Waals surface area contributed by atoms with Crippen molar-refractivity contribution in [3.05, 3.63) is 0 Å². The first-order chi connectivity index (χ1) is 8.98. The predicted octanol–water partition coefficient (Wildman–Crippen LogP) is 2.57. The summed E-state index contributed by atoms with van der Waals surface area (Å²) in [6, 6.07) is 0.221. The average Bonchev–Trinajstić information content (AvgIpc) is 3.21. The Morgan fingerprint density at radius 1 is 1.16 bits per heavy atom. The van der Waals surface area contributed by atoms with Gasteiger partial charge in [-0.2, -0.15) is 0 Å². The fourth-order valence-electron chi connectivity index (χ4n) is 3.17. The number of amides is 1. The third-order valence-electron chi connectivity index (χ3n) is 5.07. The highest BCUT2D eigenvalue weighted by Gasteiger charge is 2.49. The van der Waals surface area contributed by atoms with Crippen LogP contribution in [-0.2, 0) is 9.59 Å². The van der Waals surface area contributed by atoms with E-state index in [2.05, 4.69) is 12.2 Å². The van der Waals surface area contributed by atoms with Crippen molar-refractivity contribution in [3.63, 3.8) is 0 Å². The van der Waals surface area contributed by atoms with Crippen LogP contribution in [0.1, 0.15) is 58.8 Å². The first-order valence-electron chi connectivity index (χ1n) is 7.52. The quantitative estimate of drug-likeness (QED) is 0.752. The first kappa shape index (κ1) is 14.4. The molecule has 1 unspecified atom stereocenters. The molecule has 0 aromatic heterocycles. The van der Waals surface area contributed by atoms with Crippen molar-refractivity contribution in [1.82, 2.24) is 5.32 Å². The molecule has 1 atom stereocenters. The third-order valence-corrected chi connectivity index (χ3v) is 5.07. The summed E-state index contributed by atoms with van der Waals surface area (Å²) < 4.78 is 0. The minimum Gasteiger partial charge on any atom is -0.480 e. The molecule has 0 heterocycles.